The second kappa shape index (κ2) is 8.31. The van der Waals surface area contributed by atoms with Crippen molar-refractivity contribution >= 4 is 39.4 Å². The van der Waals surface area contributed by atoms with Crippen LogP contribution in [0.3, 0.4) is 0 Å². The van der Waals surface area contributed by atoms with Gasteiger partial charge in [-0.3, -0.25) is 9.59 Å². The lowest BCUT2D eigenvalue weighted by Crippen LogP contribution is -2.28. The summed E-state index contributed by atoms with van der Waals surface area (Å²) in [6.07, 6.45) is -2.47. The molecule has 0 radical (unpaired) electrons. The van der Waals surface area contributed by atoms with E-state index in [0.717, 1.165) is 4.68 Å². The minimum atomic E-state index is -2.64. The zero-order valence-corrected chi connectivity index (χ0v) is 16.6. The highest BCUT2D eigenvalue weighted by Gasteiger charge is 2.16. The third-order valence-corrected chi connectivity index (χ3v) is 4.81. The fraction of sp³-hybridized carbons (Fsp3) is 0.200. The molecule has 0 saturated heterocycles. The largest absolute Gasteiger partial charge is 0.486 e. The molecule has 31 heavy (non-hydrogen) atoms. The van der Waals surface area contributed by atoms with Crippen LogP contribution in [0.15, 0.2) is 41.2 Å². The van der Waals surface area contributed by atoms with E-state index in [2.05, 4.69) is 15.1 Å². The highest BCUT2D eigenvalue weighted by atomic mass is 35.5. The van der Waals surface area contributed by atoms with E-state index < -0.39 is 31.1 Å². The van der Waals surface area contributed by atoms with Crippen molar-refractivity contribution in [3.8, 4) is 5.75 Å². The minimum Gasteiger partial charge on any atom is -0.486 e. The lowest BCUT2D eigenvalue weighted by atomic mass is 10.1. The van der Waals surface area contributed by atoms with Crippen LogP contribution in [-0.4, -0.2) is 43.9 Å². The molecule has 8 nitrogen and oxygen atoms in total. The number of hydrogen-bond donors (Lipinski definition) is 2. The number of carbonyl (C=O) groups is 1. The molecular weight excluding hydrogens is 434 g/mol. The zero-order chi connectivity index (χ0) is 22.1. The van der Waals surface area contributed by atoms with E-state index in [0.29, 0.717) is 33.3 Å². The number of nitrogens with one attached hydrogen (secondary N) is 1. The van der Waals surface area contributed by atoms with Gasteiger partial charge in [-0.25, -0.2) is 18.4 Å². The number of aromatic nitrogens is 4. The molecule has 2 N–H and O–H groups in total. The predicted molar refractivity (Wildman–Crippen MR) is 109 cm³/mol. The van der Waals surface area contributed by atoms with Crippen LogP contribution in [0.1, 0.15) is 11.5 Å². The fourth-order valence-corrected chi connectivity index (χ4v) is 3.46. The number of imidazole rings is 1. The molecule has 2 heterocycles. The van der Waals surface area contributed by atoms with Gasteiger partial charge in [0.1, 0.15) is 24.7 Å². The Morgan fingerprint density at radius 2 is 2.00 bits per heavy atom. The van der Waals surface area contributed by atoms with Crippen molar-refractivity contribution in [2.24, 2.45) is 0 Å². The second-order valence-electron chi connectivity index (χ2n) is 6.71. The van der Waals surface area contributed by atoms with E-state index in [-0.39, 0.29) is 17.2 Å². The second-order valence-corrected chi connectivity index (χ2v) is 7.12. The lowest BCUT2D eigenvalue weighted by molar-refractivity contribution is -0.138. The van der Waals surface area contributed by atoms with Crippen molar-refractivity contribution < 1.29 is 23.4 Å². The fourth-order valence-electron chi connectivity index (χ4n) is 3.24. The van der Waals surface area contributed by atoms with Gasteiger partial charge >= 0.3 is 5.97 Å². The number of aromatic amines is 1. The first kappa shape index (κ1) is 20.7. The van der Waals surface area contributed by atoms with Gasteiger partial charge in [0, 0.05) is 11.5 Å². The summed E-state index contributed by atoms with van der Waals surface area (Å²) >= 11 is 6.10. The Hall–Kier alpha value is -3.53. The maximum absolute atomic E-state index is 12.5. The summed E-state index contributed by atoms with van der Waals surface area (Å²) < 4.78 is 30.8. The molecule has 0 unspecified atom stereocenters. The summed E-state index contributed by atoms with van der Waals surface area (Å²) in [5.74, 6) is -0.633. The SMILES string of the molecule is O=C(O)Cn1nc(Cc2nc3cc(OCC(F)F)c(Cl)cc3[nH]2)c2ccccc2c1=O. The van der Waals surface area contributed by atoms with Crippen LogP contribution < -0.4 is 10.3 Å². The Balaban J connectivity index is 1.74. The molecule has 0 aliphatic heterocycles. The van der Waals surface area contributed by atoms with Crippen molar-refractivity contribution in [1.29, 1.82) is 0 Å². The van der Waals surface area contributed by atoms with Crippen molar-refractivity contribution in [3.05, 3.63) is 63.3 Å². The average molecular weight is 449 g/mol. The van der Waals surface area contributed by atoms with Gasteiger partial charge in [-0.2, -0.15) is 5.10 Å². The van der Waals surface area contributed by atoms with Gasteiger partial charge in [-0.15, -0.1) is 0 Å². The van der Waals surface area contributed by atoms with Crippen LogP contribution in [0, 0.1) is 0 Å². The summed E-state index contributed by atoms with van der Waals surface area (Å²) in [6, 6.07) is 9.73. The van der Waals surface area contributed by atoms with Gasteiger partial charge in [0.25, 0.3) is 12.0 Å². The molecule has 4 rings (SSSR count). The van der Waals surface area contributed by atoms with Gasteiger partial charge in [0.05, 0.1) is 33.6 Å². The highest BCUT2D eigenvalue weighted by molar-refractivity contribution is 6.32. The molecule has 0 amide bonds. The summed E-state index contributed by atoms with van der Waals surface area (Å²) in [6.45, 7) is -1.36. The smallest absolute Gasteiger partial charge is 0.325 e. The van der Waals surface area contributed by atoms with Crippen LogP contribution in [0.25, 0.3) is 21.8 Å². The summed E-state index contributed by atoms with van der Waals surface area (Å²) in [5, 5.41) is 14.4. The molecule has 2 aromatic heterocycles. The maximum atomic E-state index is 12.5. The molecule has 0 bridgehead atoms. The number of rotatable bonds is 7. The van der Waals surface area contributed by atoms with Crippen LogP contribution in [0.5, 0.6) is 5.75 Å². The number of aliphatic carboxylic acids is 1. The summed E-state index contributed by atoms with van der Waals surface area (Å²) in [7, 11) is 0. The summed E-state index contributed by atoms with van der Waals surface area (Å²) in [5.41, 5.74) is 0.967. The quantitative estimate of drug-likeness (QED) is 0.449. The average Bonchev–Trinajstić information content (AvgIpc) is 3.10. The summed E-state index contributed by atoms with van der Waals surface area (Å²) in [4.78, 5) is 31.1. The Labute approximate surface area is 178 Å². The molecule has 160 valence electrons. The van der Waals surface area contributed by atoms with E-state index in [1.165, 1.54) is 12.1 Å². The van der Waals surface area contributed by atoms with E-state index in [9.17, 15) is 18.4 Å². The van der Waals surface area contributed by atoms with Crippen molar-refractivity contribution in [3.63, 3.8) is 0 Å². The number of H-pyrrole nitrogens is 1. The molecule has 0 spiro atoms. The first-order chi connectivity index (χ1) is 14.8. The van der Waals surface area contributed by atoms with Crippen LogP contribution in [0.2, 0.25) is 5.02 Å². The normalized spacial score (nSPS) is 11.5. The van der Waals surface area contributed by atoms with Gasteiger partial charge in [0.2, 0.25) is 0 Å². The number of alkyl halides is 2. The highest BCUT2D eigenvalue weighted by Crippen LogP contribution is 2.30. The number of nitrogens with zero attached hydrogens (tertiary/aromatic N) is 3. The topological polar surface area (TPSA) is 110 Å². The Bertz CT molecular complexity index is 1350. The standard InChI is InChI=1S/C20H15ClF2N4O4/c21-12-5-14-15(6-16(12)31-9-17(22)23)25-18(24-14)7-13-10-3-1-2-4-11(10)20(30)27(26-13)8-19(28)29/h1-6,17H,7-9H2,(H,24,25)(H,28,29). The Morgan fingerprint density at radius 1 is 1.26 bits per heavy atom. The van der Waals surface area contributed by atoms with Crippen molar-refractivity contribution in [2.45, 2.75) is 19.4 Å². The molecule has 0 aliphatic rings. The van der Waals surface area contributed by atoms with Gasteiger partial charge < -0.3 is 14.8 Å². The molecule has 11 heteroatoms. The zero-order valence-electron chi connectivity index (χ0n) is 15.8. The Morgan fingerprint density at radius 3 is 2.71 bits per heavy atom. The number of benzene rings is 2. The number of fused-ring (bicyclic) bond motifs is 2. The third kappa shape index (κ3) is 4.33. The van der Waals surface area contributed by atoms with Crippen molar-refractivity contribution in [2.75, 3.05) is 6.61 Å². The molecule has 0 fully saturated rings. The molecule has 4 aromatic rings. The first-order valence-electron chi connectivity index (χ1n) is 9.11. The van der Waals surface area contributed by atoms with Crippen LogP contribution in [-0.2, 0) is 17.8 Å². The first-order valence-corrected chi connectivity index (χ1v) is 9.49. The molecular formula is C20H15ClF2N4O4. The monoisotopic (exact) mass is 448 g/mol. The van der Waals surface area contributed by atoms with E-state index in [1.54, 1.807) is 24.3 Å². The van der Waals surface area contributed by atoms with Gasteiger partial charge in [-0.1, -0.05) is 29.8 Å². The minimum absolute atomic E-state index is 0.0890. The third-order valence-electron chi connectivity index (χ3n) is 4.51. The van der Waals surface area contributed by atoms with Crippen LogP contribution in [0.4, 0.5) is 8.78 Å². The number of hydrogen-bond acceptors (Lipinski definition) is 5. The lowest BCUT2D eigenvalue weighted by Gasteiger charge is -2.08. The molecule has 0 aliphatic carbocycles. The number of carboxylic acid groups (broad SMARTS) is 1. The molecule has 0 saturated carbocycles. The number of halogens is 3. The van der Waals surface area contributed by atoms with E-state index in [4.69, 9.17) is 21.4 Å². The van der Waals surface area contributed by atoms with Crippen LogP contribution >= 0.6 is 11.6 Å². The predicted octanol–water partition coefficient (Wildman–Crippen LogP) is 3.25. The number of carboxylic acids is 1. The number of ether oxygens (including phenoxy) is 1. The van der Waals surface area contributed by atoms with Gasteiger partial charge in [-0.05, 0) is 12.1 Å². The molecule has 0 atom stereocenters. The Kier molecular flexibility index (Phi) is 5.55. The van der Waals surface area contributed by atoms with E-state index >= 15 is 0 Å². The molecule has 2 aromatic carbocycles. The van der Waals surface area contributed by atoms with E-state index in [1.807, 2.05) is 0 Å². The van der Waals surface area contributed by atoms with Gasteiger partial charge in [0.15, 0.2) is 0 Å². The van der Waals surface area contributed by atoms with Crippen molar-refractivity contribution in [1.82, 2.24) is 19.7 Å². The maximum Gasteiger partial charge on any atom is 0.325 e.